The van der Waals surface area contributed by atoms with E-state index in [-0.39, 0.29) is 12.2 Å². The molecular weight excluding hydrogens is 399 g/mol. The number of carbonyl (C=O) groups excluding carboxylic acids is 1. The molecule has 0 fully saturated rings. The summed E-state index contributed by atoms with van der Waals surface area (Å²) in [6.45, 7) is 3.82. The predicted octanol–water partition coefficient (Wildman–Crippen LogP) is 4.88. The summed E-state index contributed by atoms with van der Waals surface area (Å²) in [4.78, 5) is 12.1. The molecule has 1 aliphatic heterocycles. The first-order chi connectivity index (χ1) is 12.2. The molecule has 3 rings (SSSR count). The van der Waals surface area contributed by atoms with Crippen molar-refractivity contribution in [1.29, 1.82) is 0 Å². The van der Waals surface area contributed by atoms with Crippen molar-refractivity contribution in [1.82, 2.24) is 5.43 Å². The third kappa shape index (κ3) is 4.29. The minimum Gasteiger partial charge on any atom is -0.483 e. The molecule has 26 heavy (non-hydrogen) atoms. The van der Waals surface area contributed by atoms with Crippen molar-refractivity contribution in [3.63, 3.8) is 0 Å². The van der Waals surface area contributed by atoms with Crippen molar-refractivity contribution in [3.05, 3.63) is 51.0 Å². The highest BCUT2D eigenvalue weighted by molar-refractivity contribution is 6.41. The second-order valence-electron chi connectivity index (χ2n) is 6.49. The van der Waals surface area contributed by atoms with Crippen molar-refractivity contribution in [2.75, 3.05) is 12.0 Å². The number of anilines is 1. The first kappa shape index (κ1) is 19.0. The molecule has 0 radical (unpaired) electrons. The molecule has 0 saturated carbocycles. The van der Waals surface area contributed by atoms with Crippen LogP contribution < -0.4 is 20.3 Å². The summed E-state index contributed by atoms with van der Waals surface area (Å²) in [6, 6.07) is 8.68. The molecule has 2 aromatic carbocycles. The summed E-state index contributed by atoms with van der Waals surface area (Å²) in [7, 11) is 0. The maximum Gasteiger partial charge on any atom is 0.276 e. The molecule has 0 atom stereocenters. The zero-order chi connectivity index (χ0) is 18.9. The standard InChI is InChI=1S/C18H17Cl3N2O3/c1-18(2)8-10-4-3-5-14(17(10)26-18)25-9-15(24)22-23-16-12(20)6-11(19)7-13(16)21/h3-7,23H,8-9H2,1-2H3,(H,22,24). The van der Waals surface area contributed by atoms with Gasteiger partial charge in [-0.15, -0.1) is 0 Å². The summed E-state index contributed by atoms with van der Waals surface area (Å²) < 4.78 is 11.5. The number of hydrazine groups is 1. The molecule has 2 aromatic rings. The minimum absolute atomic E-state index is 0.198. The van der Waals surface area contributed by atoms with Crippen molar-refractivity contribution in [2.24, 2.45) is 0 Å². The molecule has 1 heterocycles. The number of fused-ring (bicyclic) bond motifs is 1. The lowest BCUT2D eigenvalue weighted by Crippen LogP contribution is -2.34. The number of carbonyl (C=O) groups is 1. The molecule has 2 N–H and O–H groups in total. The molecule has 0 bridgehead atoms. The molecule has 0 unspecified atom stereocenters. The number of halogens is 3. The number of amides is 1. The van der Waals surface area contributed by atoms with E-state index in [0.29, 0.717) is 32.3 Å². The normalized spacial score (nSPS) is 14.3. The second kappa shape index (κ2) is 7.43. The Balaban J connectivity index is 1.59. The van der Waals surface area contributed by atoms with Crippen molar-refractivity contribution in [3.8, 4) is 11.5 Å². The zero-order valence-corrected chi connectivity index (χ0v) is 16.4. The number of rotatable bonds is 5. The number of hydrogen-bond donors (Lipinski definition) is 2. The van der Waals surface area contributed by atoms with E-state index < -0.39 is 5.91 Å². The van der Waals surface area contributed by atoms with E-state index in [4.69, 9.17) is 44.3 Å². The van der Waals surface area contributed by atoms with Gasteiger partial charge in [-0.05, 0) is 32.0 Å². The SMILES string of the molecule is CC1(C)Cc2cccc(OCC(=O)NNc3c(Cl)cc(Cl)cc3Cl)c2O1. The van der Waals surface area contributed by atoms with Gasteiger partial charge in [0.1, 0.15) is 5.60 Å². The lowest BCUT2D eigenvalue weighted by molar-refractivity contribution is -0.122. The average Bonchev–Trinajstić information content (AvgIpc) is 2.86. The lowest BCUT2D eigenvalue weighted by atomic mass is 10.0. The largest absolute Gasteiger partial charge is 0.483 e. The van der Waals surface area contributed by atoms with E-state index in [1.807, 2.05) is 26.0 Å². The van der Waals surface area contributed by atoms with Crippen LogP contribution >= 0.6 is 34.8 Å². The van der Waals surface area contributed by atoms with Crippen LogP contribution in [0.15, 0.2) is 30.3 Å². The fourth-order valence-electron chi connectivity index (χ4n) is 2.67. The van der Waals surface area contributed by atoms with Crippen LogP contribution in [0.3, 0.4) is 0 Å². The molecule has 0 aliphatic carbocycles. The molecule has 5 nitrogen and oxygen atoms in total. The topological polar surface area (TPSA) is 59.6 Å². The monoisotopic (exact) mass is 414 g/mol. The Bertz CT molecular complexity index is 833. The van der Waals surface area contributed by atoms with Gasteiger partial charge in [-0.2, -0.15) is 0 Å². The smallest absolute Gasteiger partial charge is 0.276 e. The van der Waals surface area contributed by atoms with Crippen LogP contribution in [0, 0.1) is 0 Å². The minimum atomic E-state index is -0.401. The van der Waals surface area contributed by atoms with Crippen molar-refractivity contribution in [2.45, 2.75) is 25.9 Å². The van der Waals surface area contributed by atoms with Crippen LogP contribution in [0.2, 0.25) is 15.1 Å². The summed E-state index contributed by atoms with van der Waals surface area (Å²) in [6.07, 6.45) is 0.793. The first-order valence-corrected chi connectivity index (χ1v) is 9.02. The number of benzene rings is 2. The number of para-hydroxylation sites is 1. The molecular formula is C18H17Cl3N2O3. The quantitative estimate of drug-likeness (QED) is 0.683. The van der Waals surface area contributed by atoms with Gasteiger partial charge in [-0.25, -0.2) is 0 Å². The van der Waals surface area contributed by atoms with Crippen LogP contribution in [-0.4, -0.2) is 18.1 Å². The molecule has 1 amide bonds. The third-order valence-electron chi connectivity index (χ3n) is 3.75. The second-order valence-corrected chi connectivity index (χ2v) is 7.74. The maximum atomic E-state index is 12.1. The van der Waals surface area contributed by atoms with Gasteiger partial charge >= 0.3 is 0 Å². The van der Waals surface area contributed by atoms with Gasteiger partial charge in [-0.3, -0.25) is 15.6 Å². The van der Waals surface area contributed by atoms with E-state index >= 15 is 0 Å². The summed E-state index contributed by atoms with van der Waals surface area (Å²) in [5.41, 5.74) is 6.30. The van der Waals surface area contributed by atoms with Crippen LogP contribution in [0.25, 0.3) is 0 Å². The number of hydrogen-bond acceptors (Lipinski definition) is 4. The average molecular weight is 416 g/mol. The molecule has 0 aromatic heterocycles. The van der Waals surface area contributed by atoms with E-state index in [9.17, 15) is 4.79 Å². The number of ether oxygens (including phenoxy) is 2. The van der Waals surface area contributed by atoms with Gasteiger partial charge in [0.15, 0.2) is 18.1 Å². The first-order valence-electron chi connectivity index (χ1n) is 7.88. The van der Waals surface area contributed by atoms with Crippen LogP contribution in [0.4, 0.5) is 5.69 Å². The maximum absolute atomic E-state index is 12.1. The summed E-state index contributed by atoms with van der Waals surface area (Å²) in [5.74, 6) is 0.815. The molecule has 0 saturated heterocycles. The fourth-order valence-corrected chi connectivity index (χ4v) is 3.59. The molecule has 0 spiro atoms. The molecule has 8 heteroatoms. The molecule has 1 aliphatic rings. The Labute approximate surface area is 166 Å². The van der Waals surface area contributed by atoms with Gasteiger partial charge < -0.3 is 9.47 Å². The Morgan fingerprint density at radius 1 is 1.23 bits per heavy atom. The van der Waals surface area contributed by atoms with Crippen molar-refractivity contribution < 1.29 is 14.3 Å². The Morgan fingerprint density at radius 2 is 1.92 bits per heavy atom. The van der Waals surface area contributed by atoms with Gasteiger partial charge in [0, 0.05) is 17.0 Å². The van der Waals surface area contributed by atoms with E-state index in [1.54, 1.807) is 6.07 Å². The highest BCUT2D eigenvalue weighted by atomic mass is 35.5. The van der Waals surface area contributed by atoms with E-state index in [0.717, 1.165) is 12.0 Å². The van der Waals surface area contributed by atoms with Gasteiger partial charge in [-0.1, -0.05) is 46.9 Å². The highest BCUT2D eigenvalue weighted by Crippen LogP contribution is 2.41. The number of nitrogens with one attached hydrogen (secondary N) is 2. The van der Waals surface area contributed by atoms with Crippen LogP contribution in [0.1, 0.15) is 19.4 Å². The van der Waals surface area contributed by atoms with Gasteiger partial charge in [0.05, 0.1) is 15.7 Å². The van der Waals surface area contributed by atoms with Crippen LogP contribution in [0.5, 0.6) is 11.5 Å². The predicted molar refractivity (Wildman–Crippen MR) is 104 cm³/mol. The van der Waals surface area contributed by atoms with Gasteiger partial charge in [0.25, 0.3) is 5.91 Å². The van der Waals surface area contributed by atoms with Crippen molar-refractivity contribution >= 4 is 46.4 Å². The lowest BCUT2D eigenvalue weighted by Gasteiger charge is -2.18. The third-order valence-corrected chi connectivity index (χ3v) is 4.56. The zero-order valence-electron chi connectivity index (χ0n) is 14.2. The Hall–Kier alpha value is -1.82. The Morgan fingerprint density at radius 3 is 2.62 bits per heavy atom. The fraction of sp³-hybridized carbons (Fsp3) is 0.278. The van der Waals surface area contributed by atoms with Gasteiger partial charge in [0.2, 0.25) is 0 Å². The Kier molecular flexibility index (Phi) is 5.42. The van der Waals surface area contributed by atoms with E-state index in [1.165, 1.54) is 12.1 Å². The van der Waals surface area contributed by atoms with E-state index in [2.05, 4.69) is 10.9 Å². The summed E-state index contributed by atoms with van der Waals surface area (Å²) >= 11 is 18.0. The molecule has 138 valence electrons. The highest BCUT2D eigenvalue weighted by Gasteiger charge is 2.32. The van der Waals surface area contributed by atoms with Crippen LogP contribution in [-0.2, 0) is 11.2 Å². The summed E-state index contributed by atoms with van der Waals surface area (Å²) in [5, 5.41) is 0.988.